The molecule has 0 bridgehead atoms. The van der Waals surface area contributed by atoms with Gasteiger partial charge in [-0.1, -0.05) is 37.5 Å². The van der Waals surface area contributed by atoms with Crippen LogP contribution in [0.5, 0.6) is 5.75 Å². The number of anilines is 1. The van der Waals surface area contributed by atoms with Crippen molar-refractivity contribution in [2.75, 3.05) is 11.9 Å². The van der Waals surface area contributed by atoms with Crippen LogP contribution in [0.2, 0.25) is 0 Å². The molecule has 29 heavy (non-hydrogen) atoms. The van der Waals surface area contributed by atoms with E-state index in [1.807, 2.05) is 0 Å². The second-order valence-electron chi connectivity index (χ2n) is 7.63. The highest BCUT2D eigenvalue weighted by Crippen LogP contribution is 2.34. The summed E-state index contributed by atoms with van der Waals surface area (Å²) >= 11 is 0. The van der Waals surface area contributed by atoms with Crippen LogP contribution in [-0.2, 0) is 0 Å². The Hall–Kier alpha value is -2.95. The van der Waals surface area contributed by atoms with Crippen molar-refractivity contribution in [1.29, 1.82) is 0 Å². The van der Waals surface area contributed by atoms with Crippen molar-refractivity contribution in [2.24, 2.45) is 5.92 Å². The van der Waals surface area contributed by atoms with Gasteiger partial charge in [-0.2, -0.15) is 0 Å². The average molecular weight is 394 g/mol. The topological polar surface area (TPSA) is 45.1 Å². The van der Waals surface area contributed by atoms with Crippen LogP contribution in [0.4, 0.5) is 14.6 Å². The lowest BCUT2D eigenvalue weighted by atomic mass is 9.89. The van der Waals surface area contributed by atoms with Gasteiger partial charge in [0.05, 0.1) is 11.3 Å². The van der Waals surface area contributed by atoms with Crippen LogP contribution in [-0.4, -0.2) is 16.6 Å². The third-order valence-corrected chi connectivity index (χ3v) is 5.55. The Labute approximate surface area is 169 Å². The molecule has 3 nitrogen and oxygen atoms in total. The summed E-state index contributed by atoms with van der Waals surface area (Å²) in [5.74, 6) is -0.0540. The number of nitrogens with one attached hydrogen (secondary N) is 1. The van der Waals surface area contributed by atoms with Gasteiger partial charge in [0.25, 0.3) is 0 Å². The summed E-state index contributed by atoms with van der Waals surface area (Å²) in [4.78, 5) is 4.62. The van der Waals surface area contributed by atoms with E-state index >= 15 is 0 Å². The number of hydrogen-bond donors (Lipinski definition) is 2. The van der Waals surface area contributed by atoms with Crippen LogP contribution >= 0.6 is 0 Å². The summed E-state index contributed by atoms with van der Waals surface area (Å²) in [6.45, 7) is 0.774. The summed E-state index contributed by atoms with van der Waals surface area (Å²) in [6, 6.07) is 14.0. The Morgan fingerprint density at radius 1 is 0.931 bits per heavy atom. The van der Waals surface area contributed by atoms with E-state index in [4.69, 9.17) is 0 Å². The summed E-state index contributed by atoms with van der Waals surface area (Å²) in [5, 5.41) is 13.6. The molecule has 1 aliphatic carbocycles. The first-order valence-corrected chi connectivity index (χ1v) is 10.1. The number of aromatic hydroxyl groups is 1. The van der Waals surface area contributed by atoms with Gasteiger partial charge in [0.2, 0.25) is 0 Å². The highest BCUT2D eigenvalue weighted by Gasteiger charge is 2.17. The van der Waals surface area contributed by atoms with E-state index in [9.17, 15) is 13.9 Å². The maximum absolute atomic E-state index is 14.4. The maximum atomic E-state index is 14.4. The minimum Gasteiger partial charge on any atom is -0.507 e. The smallest absolute Gasteiger partial charge is 0.133 e. The largest absolute Gasteiger partial charge is 0.507 e. The van der Waals surface area contributed by atoms with Crippen LogP contribution in [0.15, 0.2) is 54.6 Å². The Balaban J connectivity index is 1.74. The number of benzene rings is 2. The molecule has 3 aromatic rings. The number of rotatable bonds is 5. The van der Waals surface area contributed by atoms with Crippen LogP contribution in [0, 0.1) is 17.6 Å². The minimum absolute atomic E-state index is 0.0735. The number of para-hydroxylation sites is 1. The van der Waals surface area contributed by atoms with Gasteiger partial charge in [-0.3, -0.25) is 0 Å². The van der Waals surface area contributed by atoms with Gasteiger partial charge in [-0.15, -0.1) is 0 Å². The predicted octanol–water partition coefficient (Wildman–Crippen LogP) is 6.39. The third-order valence-electron chi connectivity index (χ3n) is 5.55. The number of aromatic nitrogens is 1. The van der Waals surface area contributed by atoms with Crippen LogP contribution < -0.4 is 5.32 Å². The van der Waals surface area contributed by atoms with E-state index in [2.05, 4.69) is 10.3 Å². The highest BCUT2D eigenvalue weighted by molar-refractivity contribution is 5.76. The molecule has 0 saturated heterocycles. The van der Waals surface area contributed by atoms with Crippen LogP contribution in [0.25, 0.3) is 22.4 Å². The number of pyridine rings is 1. The predicted molar refractivity (Wildman–Crippen MR) is 112 cm³/mol. The normalized spacial score (nSPS) is 14.7. The van der Waals surface area contributed by atoms with Gasteiger partial charge in [0.15, 0.2) is 0 Å². The van der Waals surface area contributed by atoms with Gasteiger partial charge in [0.1, 0.15) is 23.2 Å². The molecule has 1 saturated carbocycles. The molecule has 0 atom stereocenters. The molecule has 0 unspecified atom stereocenters. The molecular weight excluding hydrogens is 370 g/mol. The molecular formula is C24H24F2N2O. The number of halogens is 2. The first-order chi connectivity index (χ1) is 14.1. The number of phenols is 1. The second kappa shape index (κ2) is 8.60. The number of hydrogen-bond acceptors (Lipinski definition) is 3. The zero-order valence-corrected chi connectivity index (χ0v) is 16.2. The summed E-state index contributed by atoms with van der Waals surface area (Å²) in [6.07, 6.45) is 6.13. The zero-order chi connectivity index (χ0) is 20.2. The molecule has 0 spiro atoms. The molecule has 1 aromatic heterocycles. The molecule has 0 radical (unpaired) electrons. The molecule has 5 heteroatoms. The van der Waals surface area contributed by atoms with E-state index in [1.54, 1.807) is 36.4 Å². The van der Waals surface area contributed by atoms with Crippen molar-refractivity contribution in [2.45, 2.75) is 32.1 Å². The lowest BCUT2D eigenvalue weighted by Gasteiger charge is -2.22. The zero-order valence-electron chi connectivity index (χ0n) is 16.2. The quantitative estimate of drug-likeness (QED) is 0.527. The van der Waals surface area contributed by atoms with E-state index in [-0.39, 0.29) is 11.3 Å². The Morgan fingerprint density at radius 2 is 1.66 bits per heavy atom. The van der Waals surface area contributed by atoms with Crippen molar-refractivity contribution in [3.8, 4) is 28.1 Å². The molecule has 2 N–H and O–H groups in total. The minimum atomic E-state index is -0.627. The standard InChI is InChI=1S/C24H24F2N2O/c25-19-10-6-11-20(26)24(19)17-13-21(18-9-4-5-12-22(18)29)28-23(14-17)27-15-16-7-2-1-3-8-16/h4-6,9-14,16,29H,1-3,7-8,15H2,(H,27,28). The molecule has 0 aliphatic heterocycles. The molecule has 1 fully saturated rings. The van der Waals surface area contributed by atoms with Gasteiger partial charge in [-0.05, 0) is 60.7 Å². The second-order valence-corrected chi connectivity index (χ2v) is 7.63. The first kappa shape index (κ1) is 19.4. The molecule has 150 valence electrons. The highest BCUT2D eigenvalue weighted by atomic mass is 19.1. The molecule has 1 heterocycles. The van der Waals surface area contributed by atoms with Crippen molar-refractivity contribution in [1.82, 2.24) is 4.98 Å². The Kier molecular flexibility index (Phi) is 5.74. The van der Waals surface area contributed by atoms with E-state index in [0.717, 1.165) is 6.54 Å². The van der Waals surface area contributed by atoms with E-state index < -0.39 is 11.6 Å². The number of nitrogens with zero attached hydrogens (tertiary/aromatic N) is 1. The fourth-order valence-corrected chi connectivity index (χ4v) is 4.01. The van der Waals surface area contributed by atoms with Gasteiger partial charge >= 0.3 is 0 Å². The van der Waals surface area contributed by atoms with E-state index in [1.165, 1.54) is 50.3 Å². The first-order valence-electron chi connectivity index (χ1n) is 10.1. The lowest BCUT2D eigenvalue weighted by molar-refractivity contribution is 0.373. The SMILES string of the molecule is Oc1ccccc1-c1cc(-c2c(F)cccc2F)cc(NCC2CCCCC2)n1. The monoisotopic (exact) mass is 394 g/mol. The Morgan fingerprint density at radius 3 is 2.38 bits per heavy atom. The van der Waals surface area contributed by atoms with Crippen LogP contribution in [0.3, 0.4) is 0 Å². The molecule has 0 amide bonds. The van der Waals surface area contributed by atoms with Crippen molar-refractivity contribution in [3.05, 3.63) is 66.2 Å². The van der Waals surface area contributed by atoms with Crippen molar-refractivity contribution < 1.29 is 13.9 Å². The number of phenolic OH excluding ortho intramolecular Hbond substituents is 1. The summed E-state index contributed by atoms with van der Waals surface area (Å²) < 4.78 is 28.9. The maximum Gasteiger partial charge on any atom is 0.133 e. The van der Waals surface area contributed by atoms with Crippen LogP contribution in [0.1, 0.15) is 32.1 Å². The Bertz CT molecular complexity index is 980. The molecule has 2 aromatic carbocycles. The third kappa shape index (κ3) is 4.39. The van der Waals surface area contributed by atoms with Gasteiger partial charge < -0.3 is 10.4 Å². The average Bonchev–Trinajstić information content (AvgIpc) is 2.73. The molecule has 1 aliphatic rings. The fraction of sp³-hybridized carbons (Fsp3) is 0.292. The van der Waals surface area contributed by atoms with E-state index in [0.29, 0.717) is 28.6 Å². The lowest BCUT2D eigenvalue weighted by Crippen LogP contribution is -2.17. The molecule has 4 rings (SSSR count). The summed E-state index contributed by atoms with van der Waals surface area (Å²) in [5.41, 5.74) is 1.29. The van der Waals surface area contributed by atoms with Crippen molar-refractivity contribution >= 4 is 5.82 Å². The van der Waals surface area contributed by atoms with Gasteiger partial charge in [0, 0.05) is 12.1 Å². The van der Waals surface area contributed by atoms with Crippen molar-refractivity contribution in [3.63, 3.8) is 0 Å². The summed E-state index contributed by atoms with van der Waals surface area (Å²) in [7, 11) is 0. The van der Waals surface area contributed by atoms with Gasteiger partial charge in [-0.25, -0.2) is 13.8 Å². The fourth-order valence-electron chi connectivity index (χ4n) is 4.01.